The van der Waals surface area contributed by atoms with Crippen LogP contribution < -0.4 is 0 Å². The fraction of sp³-hybridized carbons (Fsp3) is 1.00. The Morgan fingerprint density at radius 2 is 2.09 bits per heavy atom. The van der Waals surface area contributed by atoms with Gasteiger partial charge < -0.3 is 9.79 Å². The zero-order chi connectivity index (χ0) is 9.07. The molecule has 0 saturated carbocycles. The lowest BCUT2D eigenvalue weighted by Gasteiger charge is -2.08. The molecule has 0 aromatic heterocycles. The molecular weight excluding hydrogens is 191 g/mol. The van der Waals surface area contributed by atoms with Gasteiger partial charge in [-0.2, -0.15) is 0 Å². The summed E-state index contributed by atoms with van der Waals surface area (Å²) in [6.45, 7) is 1.40. The summed E-state index contributed by atoms with van der Waals surface area (Å²) in [5.41, 5.74) is 0. The van der Waals surface area contributed by atoms with E-state index in [2.05, 4.69) is 4.52 Å². The molecule has 0 rings (SSSR count). The highest BCUT2D eigenvalue weighted by Crippen LogP contribution is 2.35. The Hall–Kier alpha value is 0.260. The van der Waals surface area contributed by atoms with E-state index in [1.54, 1.807) is 6.92 Å². The zero-order valence-electron chi connectivity index (χ0n) is 6.26. The highest BCUT2D eigenvalue weighted by atomic mass is 32.2. The van der Waals surface area contributed by atoms with Crippen molar-refractivity contribution in [3.63, 3.8) is 0 Å². The van der Waals surface area contributed by atoms with E-state index >= 15 is 0 Å². The third-order valence-electron chi connectivity index (χ3n) is 1.04. The first kappa shape index (κ1) is 11.3. The highest BCUT2D eigenvalue weighted by molar-refractivity contribution is 7.84. The molecule has 0 aliphatic heterocycles. The fourth-order valence-electron chi connectivity index (χ4n) is 0.298. The standard InChI is InChI=1S/C4H11O5PS/c1-4(11(2)8)3-9-10(5,6)7/h4H,3H2,1-2H3,(H2,5,6,7). The summed E-state index contributed by atoms with van der Waals surface area (Å²) in [4.78, 5) is 16.5. The van der Waals surface area contributed by atoms with Gasteiger partial charge in [-0.05, 0) is 6.92 Å². The molecule has 7 heteroatoms. The van der Waals surface area contributed by atoms with Gasteiger partial charge in [0, 0.05) is 17.1 Å². The molecular formula is C4H11O5PS. The first-order valence-electron chi connectivity index (χ1n) is 2.85. The predicted octanol–water partition coefficient (Wildman–Crippen LogP) is -0.137. The van der Waals surface area contributed by atoms with Crippen molar-refractivity contribution in [3.8, 4) is 0 Å². The van der Waals surface area contributed by atoms with Crippen LogP contribution in [0.4, 0.5) is 0 Å². The molecule has 0 heterocycles. The lowest BCUT2D eigenvalue weighted by molar-refractivity contribution is 0.199. The number of phosphoric acid groups is 1. The Morgan fingerprint density at radius 3 is 2.36 bits per heavy atom. The van der Waals surface area contributed by atoms with Gasteiger partial charge in [-0.15, -0.1) is 0 Å². The molecule has 0 saturated heterocycles. The summed E-state index contributed by atoms with van der Waals surface area (Å²) in [6, 6.07) is 0. The van der Waals surface area contributed by atoms with Gasteiger partial charge in [-0.25, -0.2) is 4.57 Å². The van der Waals surface area contributed by atoms with Crippen molar-refractivity contribution in [2.45, 2.75) is 12.2 Å². The van der Waals surface area contributed by atoms with Gasteiger partial charge in [0.1, 0.15) is 0 Å². The molecule has 0 aliphatic carbocycles. The molecule has 0 radical (unpaired) electrons. The van der Waals surface area contributed by atoms with E-state index in [0.29, 0.717) is 0 Å². The van der Waals surface area contributed by atoms with E-state index in [-0.39, 0.29) is 11.9 Å². The molecule has 2 N–H and O–H groups in total. The summed E-state index contributed by atoms with van der Waals surface area (Å²) in [5.74, 6) is 0. The lowest BCUT2D eigenvalue weighted by atomic mass is 10.5. The largest absolute Gasteiger partial charge is 0.469 e. The Kier molecular flexibility index (Phi) is 4.43. The van der Waals surface area contributed by atoms with Gasteiger partial charge in [0.15, 0.2) is 0 Å². The van der Waals surface area contributed by atoms with Crippen molar-refractivity contribution in [2.75, 3.05) is 12.9 Å². The molecule has 0 spiro atoms. The molecule has 5 nitrogen and oxygen atoms in total. The minimum atomic E-state index is -4.39. The lowest BCUT2D eigenvalue weighted by Crippen LogP contribution is -2.15. The van der Waals surface area contributed by atoms with Crippen molar-refractivity contribution in [1.82, 2.24) is 0 Å². The van der Waals surface area contributed by atoms with Crippen LogP contribution in [0.2, 0.25) is 0 Å². The second-order valence-electron chi connectivity index (χ2n) is 2.10. The van der Waals surface area contributed by atoms with Gasteiger partial charge in [0.25, 0.3) is 0 Å². The van der Waals surface area contributed by atoms with Crippen molar-refractivity contribution in [3.05, 3.63) is 0 Å². The average Bonchev–Trinajstić information content (AvgIpc) is 1.80. The van der Waals surface area contributed by atoms with Crippen LogP contribution in [0.3, 0.4) is 0 Å². The minimum Gasteiger partial charge on any atom is -0.303 e. The number of phosphoric ester groups is 1. The number of hydrogen-bond donors (Lipinski definition) is 2. The zero-order valence-corrected chi connectivity index (χ0v) is 7.97. The topological polar surface area (TPSA) is 83.8 Å². The van der Waals surface area contributed by atoms with Gasteiger partial charge in [-0.1, -0.05) is 0 Å². The van der Waals surface area contributed by atoms with Crippen molar-refractivity contribution >= 4 is 18.6 Å². The fourth-order valence-corrected chi connectivity index (χ4v) is 1.08. The molecule has 2 unspecified atom stereocenters. The van der Waals surface area contributed by atoms with E-state index < -0.39 is 18.6 Å². The Bertz CT molecular complexity index is 187. The Balaban J connectivity index is 3.72. The second-order valence-corrected chi connectivity index (χ2v) is 5.14. The smallest absolute Gasteiger partial charge is 0.303 e. The van der Waals surface area contributed by atoms with Crippen LogP contribution in [0.25, 0.3) is 0 Å². The van der Waals surface area contributed by atoms with Gasteiger partial charge >= 0.3 is 7.82 Å². The van der Waals surface area contributed by atoms with E-state index in [0.717, 1.165) is 0 Å². The molecule has 68 valence electrons. The summed E-state index contributed by atoms with van der Waals surface area (Å²) < 4.78 is 24.9. The van der Waals surface area contributed by atoms with E-state index in [4.69, 9.17) is 9.79 Å². The van der Waals surface area contributed by atoms with E-state index in [1.807, 2.05) is 0 Å². The van der Waals surface area contributed by atoms with Crippen LogP contribution in [-0.2, 0) is 19.9 Å². The second kappa shape index (κ2) is 4.33. The van der Waals surface area contributed by atoms with Crippen molar-refractivity contribution in [1.29, 1.82) is 0 Å². The maximum absolute atomic E-state index is 10.6. The molecule has 0 fully saturated rings. The average molecular weight is 202 g/mol. The maximum atomic E-state index is 10.6. The van der Waals surface area contributed by atoms with E-state index in [9.17, 15) is 8.77 Å². The molecule has 0 aromatic carbocycles. The molecule has 0 aromatic rings. The normalized spacial score (nSPS) is 17.8. The summed E-state index contributed by atoms with van der Waals surface area (Å²) in [5, 5.41) is -0.359. The maximum Gasteiger partial charge on any atom is 0.469 e. The van der Waals surface area contributed by atoms with Crippen molar-refractivity contribution in [2.24, 2.45) is 0 Å². The molecule has 2 atom stereocenters. The van der Waals surface area contributed by atoms with Crippen molar-refractivity contribution < 1.29 is 23.1 Å². The van der Waals surface area contributed by atoms with Crippen LogP contribution in [0.15, 0.2) is 0 Å². The molecule has 0 aliphatic rings. The van der Waals surface area contributed by atoms with Crippen LogP contribution in [0.5, 0.6) is 0 Å². The third kappa shape index (κ3) is 6.65. The van der Waals surface area contributed by atoms with Gasteiger partial charge in [0.05, 0.1) is 11.9 Å². The van der Waals surface area contributed by atoms with Gasteiger partial charge in [-0.3, -0.25) is 8.73 Å². The number of hydrogen-bond acceptors (Lipinski definition) is 3. The summed E-state index contributed by atoms with van der Waals surface area (Å²) >= 11 is 0. The van der Waals surface area contributed by atoms with Crippen LogP contribution >= 0.6 is 7.82 Å². The quantitative estimate of drug-likeness (QED) is 0.620. The Labute approximate surface area is 67.5 Å². The van der Waals surface area contributed by atoms with Crippen LogP contribution in [0.1, 0.15) is 6.92 Å². The Morgan fingerprint density at radius 1 is 1.64 bits per heavy atom. The minimum absolute atomic E-state index is 0.187. The molecule has 0 bridgehead atoms. The van der Waals surface area contributed by atoms with Gasteiger partial charge in [0.2, 0.25) is 0 Å². The first-order valence-corrected chi connectivity index (χ1v) is 6.00. The van der Waals surface area contributed by atoms with E-state index in [1.165, 1.54) is 6.26 Å². The highest BCUT2D eigenvalue weighted by Gasteiger charge is 2.16. The number of rotatable bonds is 4. The SMILES string of the molecule is CC(COP(=O)(O)O)S(C)=O. The van der Waals surface area contributed by atoms with Crippen LogP contribution in [-0.4, -0.2) is 32.1 Å². The molecule has 0 amide bonds. The monoisotopic (exact) mass is 202 g/mol. The summed E-state index contributed by atoms with van der Waals surface area (Å²) in [6.07, 6.45) is 1.45. The predicted molar refractivity (Wildman–Crippen MR) is 41.5 cm³/mol. The first-order chi connectivity index (χ1) is 4.83. The van der Waals surface area contributed by atoms with Crippen LogP contribution in [0, 0.1) is 0 Å². The summed E-state index contributed by atoms with van der Waals surface area (Å²) in [7, 11) is -5.51. The molecule has 11 heavy (non-hydrogen) atoms. The third-order valence-corrected chi connectivity index (χ3v) is 2.80.